The highest BCUT2D eigenvalue weighted by atomic mass is 16.3. The number of hydrogen-bond donors (Lipinski definition) is 3. The quantitative estimate of drug-likeness (QED) is 0.763. The summed E-state index contributed by atoms with van der Waals surface area (Å²) in [6.45, 7) is 3.34. The number of hydrogen-bond acceptors (Lipinski definition) is 3. The van der Waals surface area contributed by atoms with E-state index in [1.54, 1.807) is 19.9 Å². The minimum Gasteiger partial charge on any atom is -0.394 e. The van der Waals surface area contributed by atoms with E-state index in [2.05, 4.69) is 5.32 Å². The van der Waals surface area contributed by atoms with Crippen molar-refractivity contribution in [2.75, 3.05) is 18.5 Å². The normalized spacial score (nSPS) is 13.4. The Bertz CT molecular complexity index is 626. The number of carbonyl (C=O) groups excluding carboxylic acids is 1. The Morgan fingerprint density at radius 3 is 2.57 bits per heavy atom. The Hall–Kier alpha value is -2.31. The number of aromatic nitrogens is 1. The maximum atomic E-state index is 12.4. The van der Waals surface area contributed by atoms with E-state index in [9.17, 15) is 15.0 Å². The number of amides is 2. The van der Waals surface area contributed by atoms with Crippen molar-refractivity contribution in [3.8, 4) is 5.69 Å². The topological polar surface area (TPSA) is 77.7 Å². The predicted octanol–water partition coefficient (Wildman–Crippen LogP) is 2.07. The molecule has 124 valence electrons. The van der Waals surface area contributed by atoms with Crippen LogP contribution in [0.2, 0.25) is 0 Å². The maximum absolute atomic E-state index is 12.4. The van der Waals surface area contributed by atoms with Crippen LogP contribution in [0.25, 0.3) is 5.69 Å². The molecule has 0 radical (unpaired) electrons. The molecular formula is C17H23N3O3. The third kappa shape index (κ3) is 4.58. The smallest absolute Gasteiger partial charge is 0.322 e. The van der Waals surface area contributed by atoms with Crippen molar-refractivity contribution in [1.29, 1.82) is 0 Å². The third-order valence-corrected chi connectivity index (χ3v) is 3.52. The molecule has 6 heteroatoms. The van der Waals surface area contributed by atoms with Crippen LogP contribution >= 0.6 is 0 Å². The van der Waals surface area contributed by atoms with Gasteiger partial charge in [-0.1, -0.05) is 6.07 Å². The summed E-state index contributed by atoms with van der Waals surface area (Å²) in [7, 11) is 0. The molecule has 2 atom stereocenters. The molecular weight excluding hydrogens is 294 g/mol. The molecule has 2 aromatic rings. The van der Waals surface area contributed by atoms with Crippen molar-refractivity contribution in [2.45, 2.75) is 26.0 Å². The van der Waals surface area contributed by atoms with Crippen LogP contribution in [0, 0.1) is 0 Å². The van der Waals surface area contributed by atoms with Gasteiger partial charge in [0.1, 0.15) is 0 Å². The van der Waals surface area contributed by atoms with Crippen LogP contribution in [0.1, 0.15) is 13.8 Å². The minimum atomic E-state index is -0.666. The summed E-state index contributed by atoms with van der Waals surface area (Å²) in [4.78, 5) is 13.9. The van der Waals surface area contributed by atoms with Crippen LogP contribution in [0.4, 0.5) is 10.5 Å². The van der Waals surface area contributed by atoms with Gasteiger partial charge in [0.2, 0.25) is 0 Å². The summed E-state index contributed by atoms with van der Waals surface area (Å²) in [5, 5.41) is 21.7. The molecule has 0 aliphatic rings. The molecule has 6 nitrogen and oxygen atoms in total. The third-order valence-electron chi connectivity index (χ3n) is 3.52. The van der Waals surface area contributed by atoms with Crippen molar-refractivity contribution in [3.63, 3.8) is 0 Å². The molecule has 1 aromatic carbocycles. The Kier molecular flexibility index (Phi) is 5.78. The lowest BCUT2D eigenvalue weighted by atomic mass is 10.2. The van der Waals surface area contributed by atoms with E-state index in [4.69, 9.17) is 0 Å². The van der Waals surface area contributed by atoms with Gasteiger partial charge in [-0.3, -0.25) is 0 Å². The van der Waals surface area contributed by atoms with Crippen LogP contribution in [-0.4, -0.2) is 51.0 Å². The van der Waals surface area contributed by atoms with E-state index in [1.165, 1.54) is 4.90 Å². The zero-order valence-corrected chi connectivity index (χ0v) is 13.4. The van der Waals surface area contributed by atoms with Crippen molar-refractivity contribution < 1.29 is 15.0 Å². The highest BCUT2D eigenvalue weighted by Crippen LogP contribution is 2.16. The fourth-order valence-corrected chi connectivity index (χ4v) is 2.29. The number of carbonyl (C=O) groups is 1. The van der Waals surface area contributed by atoms with E-state index < -0.39 is 6.10 Å². The zero-order valence-electron chi connectivity index (χ0n) is 13.4. The van der Waals surface area contributed by atoms with Crippen molar-refractivity contribution in [3.05, 3.63) is 48.8 Å². The Morgan fingerprint density at radius 2 is 1.96 bits per heavy atom. The molecule has 2 rings (SSSR count). The number of anilines is 1. The molecule has 0 fully saturated rings. The van der Waals surface area contributed by atoms with Crippen LogP contribution in [0.5, 0.6) is 0 Å². The standard InChI is InChI=1S/C17H23N3O3/c1-13(12-21)20(11-14(2)22)17(23)18-15-6-5-7-16(10-15)19-8-3-4-9-19/h3-10,13-14,21-22H,11-12H2,1-2H3,(H,18,23)/t13-,14+/m1/s1. The monoisotopic (exact) mass is 317 g/mol. The van der Waals surface area contributed by atoms with Crippen molar-refractivity contribution >= 4 is 11.7 Å². The van der Waals surface area contributed by atoms with Gasteiger partial charge in [0.05, 0.1) is 18.8 Å². The summed E-state index contributed by atoms with van der Waals surface area (Å²) < 4.78 is 1.94. The number of nitrogens with one attached hydrogen (secondary N) is 1. The Balaban J connectivity index is 2.13. The first kappa shape index (κ1) is 17.1. The van der Waals surface area contributed by atoms with Gasteiger partial charge in [0.15, 0.2) is 0 Å². The second-order valence-corrected chi connectivity index (χ2v) is 5.60. The number of rotatable bonds is 6. The first-order valence-electron chi connectivity index (χ1n) is 7.61. The lowest BCUT2D eigenvalue weighted by Gasteiger charge is -2.29. The average Bonchev–Trinajstić information content (AvgIpc) is 3.06. The van der Waals surface area contributed by atoms with Crippen LogP contribution < -0.4 is 5.32 Å². The molecule has 23 heavy (non-hydrogen) atoms. The first-order chi connectivity index (χ1) is 11.0. The van der Waals surface area contributed by atoms with Crippen LogP contribution in [-0.2, 0) is 0 Å². The van der Waals surface area contributed by atoms with E-state index >= 15 is 0 Å². The largest absolute Gasteiger partial charge is 0.394 e. The van der Waals surface area contributed by atoms with E-state index in [1.807, 2.05) is 47.3 Å². The van der Waals surface area contributed by atoms with Crippen LogP contribution in [0.15, 0.2) is 48.8 Å². The van der Waals surface area contributed by atoms with Gasteiger partial charge in [0.25, 0.3) is 0 Å². The van der Waals surface area contributed by atoms with Gasteiger partial charge in [-0.05, 0) is 44.2 Å². The number of aliphatic hydroxyl groups excluding tert-OH is 2. The lowest BCUT2D eigenvalue weighted by Crippen LogP contribution is -2.46. The Morgan fingerprint density at radius 1 is 1.26 bits per heavy atom. The molecule has 0 saturated carbocycles. The first-order valence-corrected chi connectivity index (χ1v) is 7.61. The number of nitrogens with zero attached hydrogens (tertiary/aromatic N) is 2. The molecule has 0 bridgehead atoms. The molecule has 3 N–H and O–H groups in total. The fraction of sp³-hybridized carbons (Fsp3) is 0.353. The SMILES string of the molecule is C[C@H](O)CN(C(=O)Nc1cccc(-n2cccc2)c1)[C@H](C)CO. The van der Waals surface area contributed by atoms with Gasteiger partial charge in [-0.2, -0.15) is 0 Å². The second kappa shape index (κ2) is 7.80. The van der Waals surface area contributed by atoms with E-state index in [-0.39, 0.29) is 25.2 Å². The number of urea groups is 1. The van der Waals surface area contributed by atoms with E-state index in [0.29, 0.717) is 5.69 Å². The minimum absolute atomic E-state index is 0.158. The number of benzene rings is 1. The molecule has 0 unspecified atom stereocenters. The summed E-state index contributed by atoms with van der Waals surface area (Å²) in [6.07, 6.45) is 3.18. The molecule has 2 amide bonds. The number of aliphatic hydroxyl groups is 2. The second-order valence-electron chi connectivity index (χ2n) is 5.60. The molecule has 1 aromatic heterocycles. The molecule has 1 heterocycles. The Labute approximate surface area is 136 Å². The predicted molar refractivity (Wildman–Crippen MR) is 89.7 cm³/mol. The summed E-state index contributed by atoms with van der Waals surface area (Å²) in [6, 6.07) is 10.6. The highest BCUT2D eigenvalue weighted by molar-refractivity contribution is 5.89. The van der Waals surface area contributed by atoms with Gasteiger partial charge in [-0.15, -0.1) is 0 Å². The van der Waals surface area contributed by atoms with Gasteiger partial charge >= 0.3 is 6.03 Å². The van der Waals surface area contributed by atoms with Crippen molar-refractivity contribution in [2.24, 2.45) is 0 Å². The van der Waals surface area contributed by atoms with E-state index in [0.717, 1.165) is 5.69 Å². The van der Waals surface area contributed by atoms with Gasteiger partial charge in [0, 0.05) is 30.3 Å². The average molecular weight is 317 g/mol. The van der Waals surface area contributed by atoms with Gasteiger partial charge in [-0.25, -0.2) is 4.79 Å². The fourth-order valence-electron chi connectivity index (χ4n) is 2.29. The lowest BCUT2D eigenvalue weighted by molar-refractivity contribution is 0.0995. The molecule has 0 aliphatic heterocycles. The maximum Gasteiger partial charge on any atom is 0.322 e. The molecule has 0 spiro atoms. The highest BCUT2D eigenvalue weighted by Gasteiger charge is 2.21. The summed E-state index contributed by atoms with van der Waals surface area (Å²) >= 11 is 0. The zero-order chi connectivity index (χ0) is 16.8. The van der Waals surface area contributed by atoms with Crippen LogP contribution in [0.3, 0.4) is 0 Å². The molecule has 0 aliphatic carbocycles. The van der Waals surface area contributed by atoms with Crippen molar-refractivity contribution in [1.82, 2.24) is 9.47 Å². The van der Waals surface area contributed by atoms with Gasteiger partial charge < -0.3 is 25.0 Å². The molecule has 0 saturated heterocycles. The summed E-state index contributed by atoms with van der Waals surface area (Å²) in [5.41, 5.74) is 1.59. The summed E-state index contributed by atoms with van der Waals surface area (Å²) in [5.74, 6) is 0.